The van der Waals surface area contributed by atoms with Gasteiger partial charge in [-0.1, -0.05) is 23.7 Å². The molecular formula is C24H12ClF5O5. The summed E-state index contributed by atoms with van der Waals surface area (Å²) in [6, 6.07) is 9.25. The molecule has 0 amide bonds. The first-order chi connectivity index (χ1) is 16.6. The second-order valence-electron chi connectivity index (χ2n) is 7.27. The minimum atomic E-state index is -2.36. The van der Waals surface area contributed by atoms with E-state index in [-0.39, 0.29) is 22.8 Å². The van der Waals surface area contributed by atoms with Gasteiger partial charge in [-0.2, -0.15) is 8.78 Å². The van der Waals surface area contributed by atoms with E-state index < -0.39 is 53.2 Å². The molecule has 0 radical (unpaired) electrons. The van der Waals surface area contributed by atoms with Crippen molar-refractivity contribution in [1.29, 1.82) is 0 Å². The first kappa shape index (κ1) is 24.2. The van der Waals surface area contributed by atoms with E-state index >= 15 is 0 Å². The highest BCUT2D eigenvalue weighted by atomic mass is 35.5. The van der Waals surface area contributed by atoms with Crippen LogP contribution in [-0.4, -0.2) is 18.4 Å². The summed E-state index contributed by atoms with van der Waals surface area (Å²) in [6.45, 7) is 0.388. The average Bonchev–Trinajstić information content (AvgIpc) is 3.11. The van der Waals surface area contributed by atoms with Crippen LogP contribution in [0.1, 0.15) is 21.5 Å². The minimum Gasteiger partial charge on any atom is -0.476 e. The van der Waals surface area contributed by atoms with E-state index in [1.165, 1.54) is 18.2 Å². The van der Waals surface area contributed by atoms with Crippen LogP contribution in [0.15, 0.2) is 42.2 Å². The normalized spacial score (nSPS) is 13.6. The number of Topliss-reactive ketones (excluding diaryl/α,β-unsaturated/α-hetero) is 1. The number of allylic oxidation sites excluding steroid dienone is 1. The minimum absolute atomic E-state index is 0.00323. The molecular weight excluding hydrogens is 499 g/mol. The first-order valence-corrected chi connectivity index (χ1v) is 10.1. The molecule has 0 atom stereocenters. The maximum atomic E-state index is 13.7. The van der Waals surface area contributed by atoms with E-state index in [9.17, 15) is 31.5 Å². The largest absolute Gasteiger partial charge is 0.476 e. The number of ether oxygens (including phenoxy) is 3. The summed E-state index contributed by atoms with van der Waals surface area (Å²) in [7, 11) is 0. The Morgan fingerprint density at radius 3 is 2.31 bits per heavy atom. The lowest BCUT2D eigenvalue weighted by Gasteiger charge is -2.11. The van der Waals surface area contributed by atoms with Crippen molar-refractivity contribution in [3.63, 3.8) is 0 Å². The van der Waals surface area contributed by atoms with Gasteiger partial charge in [-0.05, 0) is 42.3 Å². The molecule has 0 saturated carbocycles. The molecule has 35 heavy (non-hydrogen) atoms. The molecule has 0 bridgehead atoms. The van der Waals surface area contributed by atoms with Gasteiger partial charge in [-0.15, -0.1) is 0 Å². The van der Waals surface area contributed by atoms with Crippen LogP contribution in [0.4, 0.5) is 22.0 Å². The highest BCUT2D eigenvalue weighted by molar-refractivity contribution is 6.30. The number of benzene rings is 3. The van der Waals surface area contributed by atoms with Gasteiger partial charge in [-0.3, -0.25) is 4.79 Å². The average molecular weight is 511 g/mol. The quantitative estimate of drug-likeness (QED) is 0.106. The van der Waals surface area contributed by atoms with E-state index in [2.05, 4.69) is 4.74 Å². The summed E-state index contributed by atoms with van der Waals surface area (Å²) in [5.41, 5.74) is 1.24. The van der Waals surface area contributed by atoms with Crippen molar-refractivity contribution in [3.05, 3.63) is 93.0 Å². The Morgan fingerprint density at radius 2 is 1.66 bits per heavy atom. The van der Waals surface area contributed by atoms with Crippen molar-refractivity contribution in [2.75, 3.05) is 6.61 Å². The fraction of sp³-hybridized carbons (Fsp3) is 0.0833. The van der Waals surface area contributed by atoms with Gasteiger partial charge < -0.3 is 14.2 Å². The number of rotatable bonds is 5. The van der Waals surface area contributed by atoms with Gasteiger partial charge in [0.2, 0.25) is 34.9 Å². The molecule has 1 aliphatic heterocycles. The molecule has 0 N–H and O–H groups in total. The van der Waals surface area contributed by atoms with Crippen LogP contribution in [0.25, 0.3) is 6.08 Å². The van der Waals surface area contributed by atoms with Crippen LogP contribution in [0.2, 0.25) is 5.02 Å². The molecule has 0 saturated heterocycles. The Balaban J connectivity index is 1.50. The summed E-state index contributed by atoms with van der Waals surface area (Å²) in [4.78, 5) is 24.8. The van der Waals surface area contributed by atoms with E-state index in [1.54, 1.807) is 31.2 Å². The fourth-order valence-corrected chi connectivity index (χ4v) is 3.49. The third-order valence-electron chi connectivity index (χ3n) is 4.83. The van der Waals surface area contributed by atoms with Crippen molar-refractivity contribution in [2.24, 2.45) is 0 Å². The zero-order chi connectivity index (χ0) is 25.4. The van der Waals surface area contributed by atoms with Gasteiger partial charge in [0.15, 0.2) is 18.1 Å². The molecule has 4 rings (SSSR count). The smallest absolute Gasteiger partial charge is 0.349 e. The number of carbonyl (C=O) groups is 2. The molecule has 0 unspecified atom stereocenters. The number of hydrogen-bond donors (Lipinski definition) is 0. The maximum absolute atomic E-state index is 13.7. The van der Waals surface area contributed by atoms with Gasteiger partial charge in [0.05, 0.1) is 5.56 Å². The Morgan fingerprint density at radius 1 is 1.00 bits per heavy atom. The lowest BCUT2D eigenvalue weighted by atomic mass is 10.0. The molecule has 5 nitrogen and oxygen atoms in total. The number of fused-ring (bicyclic) bond motifs is 1. The topological polar surface area (TPSA) is 61.8 Å². The highest BCUT2D eigenvalue weighted by Crippen LogP contribution is 2.38. The van der Waals surface area contributed by atoms with E-state index in [1.807, 2.05) is 0 Å². The fourth-order valence-electron chi connectivity index (χ4n) is 3.29. The number of esters is 1. The zero-order valence-corrected chi connectivity index (χ0v) is 18.3. The van der Waals surface area contributed by atoms with Crippen LogP contribution in [0.3, 0.4) is 0 Å². The molecule has 180 valence electrons. The van der Waals surface area contributed by atoms with Crippen LogP contribution in [0, 0.1) is 36.0 Å². The van der Waals surface area contributed by atoms with Crippen LogP contribution >= 0.6 is 11.6 Å². The predicted molar refractivity (Wildman–Crippen MR) is 113 cm³/mol. The number of carbonyl (C=O) groups excluding carboxylic acids is 2. The molecule has 3 aromatic rings. The third-order valence-corrected chi connectivity index (χ3v) is 5.06. The van der Waals surface area contributed by atoms with E-state index in [4.69, 9.17) is 21.1 Å². The monoisotopic (exact) mass is 510 g/mol. The molecule has 1 heterocycles. The number of ketones is 1. The second-order valence-corrected chi connectivity index (χ2v) is 7.71. The van der Waals surface area contributed by atoms with Crippen LogP contribution < -0.4 is 14.2 Å². The Bertz CT molecular complexity index is 1390. The summed E-state index contributed by atoms with van der Waals surface area (Å²) < 4.78 is 82.0. The van der Waals surface area contributed by atoms with E-state index in [0.717, 1.165) is 0 Å². The lowest BCUT2D eigenvalue weighted by Crippen LogP contribution is -2.19. The predicted octanol–water partition coefficient (Wildman–Crippen LogP) is 5.94. The van der Waals surface area contributed by atoms with Crippen molar-refractivity contribution >= 4 is 29.4 Å². The SMILES string of the molecule is Cc1cc(OC(=O)COc2c(F)c(F)c(F)c(F)c2F)cc2c1C(=O)/C(=C/c1cccc(Cl)c1)O2. The molecule has 0 fully saturated rings. The van der Waals surface area contributed by atoms with Gasteiger partial charge in [0.1, 0.15) is 11.5 Å². The molecule has 0 aliphatic carbocycles. The number of halogens is 6. The van der Waals surface area contributed by atoms with Gasteiger partial charge >= 0.3 is 5.97 Å². The summed E-state index contributed by atoms with van der Waals surface area (Å²) in [6.07, 6.45) is 1.48. The Labute approximate surface area is 199 Å². The molecule has 0 spiro atoms. The summed E-state index contributed by atoms with van der Waals surface area (Å²) in [5.74, 6) is -14.5. The van der Waals surface area contributed by atoms with E-state index in [0.29, 0.717) is 16.1 Å². The van der Waals surface area contributed by atoms with Crippen molar-refractivity contribution in [1.82, 2.24) is 0 Å². The number of aryl methyl sites for hydroxylation is 1. The second kappa shape index (κ2) is 9.38. The van der Waals surface area contributed by atoms with Crippen LogP contribution in [-0.2, 0) is 4.79 Å². The molecule has 0 aromatic heterocycles. The van der Waals surface area contributed by atoms with Gasteiger partial charge in [-0.25, -0.2) is 18.0 Å². The highest BCUT2D eigenvalue weighted by Gasteiger charge is 2.31. The summed E-state index contributed by atoms with van der Waals surface area (Å²) >= 11 is 5.95. The van der Waals surface area contributed by atoms with Crippen molar-refractivity contribution in [3.8, 4) is 17.2 Å². The molecule has 11 heteroatoms. The van der Waals surface area contributed by atoms with Crippen molar-refractivity contribution in [2.45, 2.75) is 6.92 Å². The lowest BCUT2D eigenvalue weighted by molar-refractivity contribution is -0.136. The standard InChI is InChI=1S/C24H12ClF5O5/c1-10-5-13(34-16(31)9-33-24-21(29)19(27)18(26)20(28)22(24)30)8-14-17(10)23(32)15(35-14)7-11-3-2-4-12(25)6-11/h2-8H,9H2,1H3/b15-7-. The van der Waals surface area contributed by atoms with Gasteiger partial charge in [0, 0.05) is 11.1 Å². The van der Waals surface area contributed by atoms with Crippen molar-refractivity contribution < 1.29 is 45.8 Å². The molecule has 1 aliphatic rings. The number of hydrogen-bond acceptors (Lipinski definition) is 5. The summed E-state index contributed by atoms with van der Waals surface area (Å²) in [5, 5.41) is 0.459. The van der Waals surface area contributed by atoms with Crippen LogP contribution in [0.5, 0.6) is 17.2 Å². The Kier molecular flexibility index (Phi) is 6.49. The zero-order valence-electron chi connectivity index (χ0n) is 17.6. The molecule has 3 aromatic carbocycles. The first-order valence-electron chi connectivity index (χ1n) is 9.76. The van der Waals surface area contributed by atoms with Gasteiger partial charge in [0.25, 0.3) is 0 Å². The third kappa shape index (κ3) is 4.69. The Hall–Kier alpha value is -3.92. The maximum Gasteiger partial charge on any atom is 0.349 e.